The number of halogens is 2. The van der Waals surface area contributed by atoms with Crippen LogP contribution in [0.2, 0.25) is 0 Å². The van der Waals surface area contributed by atoms with Crippen molar-refractivity contribution in [3.63, 3.8) is 0 Å². The van der Waals surface area contributed by atoms with Gasteiger partial charge in [0.15, 0.2) is 11.6 Å². The zero-order valence-electron chi connectivity index (χ0n) is 13.5. The van der Waals surface area contributed by atoms with Crippen LogP contribution in [-0.2, 0) is 11.2 Å². The van der Waals surface area contributed by atoms with E-state index in [2.05, 4.69) is 14.7 Å². The summed E-state index contributed by atoms with van der Waals surface area (Å²) in [5.74, 6) is -0.456. The first-order valence-electron chi connectivity index (χ1n) is 8.00. The number of rotatable bonds is 6. The Labute approximate surface area is 143 Å². The number of ether oxygens (including phenoxy) is 1. The van der Waals surface area contributed by atoms with Gasteiger partial charge in [0.05, 0.1) is 6.61 Å². The molecule has 1 aliphatic rings. The molecule has 0 saturated carbocycles. The molecule has 0 unspecified atom stereocenters. The van der Waals surface area contributed by atoms with E-state index in [-0.39, 0.29) is 5.69 Å². The average molecular weight is 354 g/mol. The van der Waals surface area contributed by atoms with Gasteiger partial charge in [-0.25, -0.2) is 13.8 Å². The predicted octanol–water partition coefficient (Wildman–Crippen LogP) is 3.74. The molecule has 24 heavy (non-hydrogen) atoms. The van der Waals surface area contributed by atoms with Gasteiger partial charge in [0.1, 0.15) is 11.5 Å². The molecule has 0 spiro atoms. The lowest BCUT2D eigenvalue weighted by atomic mass is 10.1. The molecule has 1 fully saturated rings. The SMILES string of the molecule is COCCc1nsc(Nc2cc(F)c(N3CCCCC3)c(F)c2)n1. The molecule has 130 valence electrons. The van der Waals surface area contributed by atoms with Crippen LogP contribution in [0, 0.1) is 11.6 Å². The first-order valence-corrected chi connectivity index (χ1v) is 8.77. The Kier molecular flexibility index (Phi) is 5.57. The van der Waals surface area contributed by atoms with Crippen molar-refractivity contribution in [2.24, 2.45) is 0 Å². The number of methoxy groups -OCH3 is 1. The molecule has 5 nitrogen and oxygen atoms in total. The molecular weight excluding hydrogens is 334 g/mol. The highest BCUT2D eigenvalue weighted by Gasteiger charge is 2.20. The van der Waals surface area contributed by atoms with E-state index < -0.39 is 11.6 Å². The molecule has 3 rings (SSSR count). The van der Waals surface area contributed by atoms with Crippen LogP contribution in [0.15, 0.2) is 12.1 Å². The third-order valence-electron chi connectivity index (χ3n) is 3.94. The highest BCUT2D eigenvalue weighted by Crippen LogP contribution is 2.30. The number of benzene rings is 1. The maximum atomic E-state index is 14.4. The second-order valence-corrected chi connectivity index (χ2v) is 6.47. The number of anilines is 3. The molecule has 1 N–H and O–H groups in total. The zero-order valence-corrected chi connectivity index (χ0v) is 14.3. The van der Waals surface area contributed by atoms with Gasteiger partial charge in [0.25, 0.3) is 0 Å². The molecule has 1 aromatic heterocycles. The summed E-state index contributed by atoms with van der Waals surface area (Å²) in [7, 11) is 1.61. The van der Waals surface area contributed by atoms with Gasteiger partial charge in [0.2, 0.25) is 5.13 Å². The standard InChI is InChI=1S/C16H20F2N4OS/c1-23-8-5-14-20-16(24-21-14)19-11-9-12(17)15(13(18)10-11)22-6-3-2-4-7-22/h9-10H,2-8H2,1H3,(H,19,20,21). The Morgan fingerprint density at radius 1 is 1.21 bits per heavy atom. The molecular formula is C16H20F2N4OS. The predicted molar refractivity (Wildman–Crippen MR) is 91.2 cm³/mol. The van der Waals surface area contributed by atoms with Gasteiger partial charge < -0.3 is 15.0 Å². The Morgan fingerprint density at radius 3 is 2.58 bits per heavy atom. The van der Waals surface area contributed by atoms with Gasteiger partial charge in [-0.15, -0.1) is 0 Å². The van der Waals surface area contributed by atoms with Gasteiger partial charge in [0, 0.05) is 43.8 Å². The van der Waals surface area contributed by atoms with E-state index in [9.17, 15) is 8.78 Å². The van der Waals surface area contributed by atoms with Crippen molar-refractivity contribution in [2.75, 3.05) is 37.0 Å². The normalized spacial score (nSPS) is 14.9. The van der Waals surface area contributed by atoms with Gasteiger partial charge in [-0.3, -0.25) is 0 Å². The first-order chi connectivity index (χ1) is 11.7. The van der Waals surface area contributed by atoms with Crippen molar-refractivity contribution in [3.8, 4) is 0 Å². The number of hydrogen-bond acceptors (Lipinski definition) is 6. The van der Waals surface area contributed by atoms with Crippen LogP contribution in [0.5, 0.6) is 0 Å². The van der Waals surface area contributed by atoms with Gasteiger partial charge in [-0.2, -0.15) is 4.37 Å². The average Bonchev–Trinajstić information content (AvgIpc) is 3.00. The number of nitrogens with zero attached hydrogens (tertiary/aromatic N) is 3. The Morgan fingerprint density at radius 2 is 1.92 bits per heavy atom. The minimum Gasteiger partial charge on any atom is -0.384 e. The molecule has 2 heterocycles. The smallest absolute Gasteiger partial charge is 0.207 e. The lowest BCUT2D eigenvalue weighted by molar-refractivity contribution is 0.201. The summed E-state index contributed by atoms with van der Waals surface area (Å²) in [5.41, 5.74) is 0.401. The summed E-state index contributed by atoms with van der Waals surface area (Å²) in [6.07, 6.45) is 3.65. The topological polar surface area (TPSA) is 50.3 Å². The highest BCUT2D eigenvalue weighted by molar-refractivity contribution is 7.09. The van der Waals surface area contributed by atoms with Crippen molar-refractivity contribution in [1.82, 2.24) is 9.36 Å². The number of nitrogens with one attached hydrogen (secondary N) is 1. The fourth-order valence-corrected chi connectivity index (χ4v) is 3.41. The summed E-state index contributed by atoms with van der Waals surface area (Å²) < 4.78 is 38.0. The summed E-state index contributed by atoms with van der Waals surface area (Å²) in [5, 5.41) is 3.42. The maximum Gasteiger partial charge on any atom is 0.207 e. The zero-order chi connectivity index (χ0) is 16.9. The van der Waals surface area contributed by atoms with Gasteiger partial charge >= 0.3 is 0 Å². The van der Waals surface area contributed by atoms with Crippen molar-refractivity contribution < 1.29 is 13.5 Å². The minimum atomic E-state index is -0.552. The number of piperidine rings is 1. The van der Waals surface area contributed by atoms with E-state index in [0.717, 1.165) is 30.8 Å². The Bertz CT molecular complexity index is 665. The Hall–Kier alpha value is -1.80. The number of hydrogen-bond donors (Lipinski definition) is 1. The second-order valence-electron chi connectivity index (χ2n) is 5.72. The lowest BCUT2D eigenvalue weighted by Gasteiger charge is -2.29. The van der Waals surface area contributed by atoms with Crippen LogP contribution >= 0.6 is 11.5 Å². The van der Waals surface area contributed by atoms with Crippen molar-refractivity contribution in [1.29, 1.82) is 0 Å². The summed E-state index contributed by atoms with van der Waals surface area (Å²) in [4.78, 5) is 6.06. The molecule has 2 aromatic rings. The van der Waals surface area contributed by atoms with Crippen LogP contribution in [0.25, 0.3) is 0 Å². The molecule has 1 aliphatic heterocycles. The van der Waals surface area contributed by atoms with E-state index >= 15 is 0 Å². The van der Waals surface area contributed by atoms with Crippen LogP contribution in [0.4, 0.5) is 25.3 Å². The van der Waals surface area contributed by atoms with Crippen molar-refractivity contribution in [3.05, 3.63) is 29.6 Å². The molecule has 0 atom stereocenters. The van der Waals surface area contributed by atoms with Gasteiger partial charge in [-0.1, -0.05) is 0 Å². The van der Waals surface area contributed by atoms with E-state index in [0.29, 0.717) is 42.8 Å². The molecule has 1 saturated heterocycles. The van der Waals surface area contributed by atoms with E-state index in [1.54, 1.807) is 12.0 Å². The summed E-state index contributed by atoms with van der Waals surface area (Å²) >= 11 is 1.16. The van der Waals surface area contributed by atoms with E-state index in [4.69, 9.17) is 4.74 Å². The quantitative estimate of drug-likeness (QED) is 0.856. The highest BCUT2D eigenvalue weighted by atomic mass is 32.1. The van der Waals surface area contributed by atoms with Crippen molar-refractivity contribution >= 4 is 28.0 Å². The third kappa shape index (κ3) is 3.99. The molecule has 0 aliphatic carbocycles. The molecule has 0 radical (unpaired) electrons. The van der Waals surface area contributed by atoms with Crippen molar-refractivity contribution in [2.45, 2.75) is 25.7 Å². The number of aromatic nitrogens is 2. The largest absolute Gasteiger partial charge is 0.384 e. The maximum absolute atomic E-state index is 14.4. The van der Waals surface area contributed by atoms with Crippen LogP contribution < -0.4 is 10.2 Å². The molecule has 1 aromatic carbocycles. The van der Waals surface area contributed by atoms with Crippen LogP contribution in [0.1, 0.15) is 25.1 Å². The summed E-state index contributed by atoms with van der Waals surface area (Å²) in [6.45, 7) is 1.92. The third-order valence-corrected chi connectivity index (χ3v) is 4.61. The molecule has 0 amide bonds. The molecule has 8 heteroatoms. The van der Waals surface area contributed by atoms with Crippen LogP contribution in [0.3, 0.4) is 0 Å². The molecule has 0 bridgehead atoms. The van der Waals surface area contributed by atoms with Crippen LogP contribution in [-0.4, -0.2) is 36.2 Å². The van der Waals surface area contributed by atoms with Gasteiger partial charge in [-0.05, 0) is 31.4 Å². The first kappa shape index (κ1) is 17.0. The van der Waals surface area contributed by atoms with E-state index in [1.165, 1.54) is 12.1 Å². The Balaban J connectivity index is 1.73. The fraction of sp³-hybridized carbons (Fsp3) is 0.500. The monoisotopic (exact) mass is 354 g/mol. The lowest BCUT2D eigenvalue weighted by Crippen LogP contribution is -2.31. The summed E-state index contributed by atoms with van der Waals surface area (Å²) in [6, 6.07) is 2.62. The minimum absolute atomic E-state index is 0.0679. The fourth-order valence-electron chi connectivity index (χ4n) is 2.78. The van der Waals surface area contributed by atoms with E-state index in [1.807, 2.05) is 0 Å². The second kappa shape index (κ2) is 7.85.